The number of hydrogen-bond donors (Lipinski definition) is 0. The molecule has 2 rings (SSSR count). The molecule has 1 saturated carbocycles. The van der Waals surface area contributed by atoms with Crippen LogP contribution in [0.5, 0.6) is 0 Å². The molecule has 0 unspecified atom stereocenters. The Morgan fingerprint density at radius 2 is 1.81 bits per heavy atom. The minimum absolute atomic E-state index is 0.639. The molecule has 0 amide bonds. The van der Waals surface area contributed by atoms with Gasteiger partial charge in [-0.1, -0.05) is 64.0 Å². The molecule has 0 heterocycles. The zero-order valence-electron chi connectivity index (χ0n) is 13.5. The van der Waals surface area contributed by atoms with Crippen LogP contribution < -0.4 is 0 Å². The molecule has 1 aromatic rings. The summed E-state index contributed by atoms with van der Waals surface area (Å²) in [6.07, 6.45) is 14.4. The first-order valence-corrected chi connectivity index (χ1v) is 8.88. The molecule has 0 spiro atoms. The van der Waals surface area contributed by atoms with Gasteiger partial charge < -0.3 is 0 Å². The lowest BCUT2D eigenvalue weighted by Crippen LogP contribution is -2.09. The van der Waals surface area contributed by atoms with Crippen LogP contribution in [-0.2, 0) is 6.42 Å². The highest BCUT2D eigenvalue weighted by Crippen LogP contribution is 2.36. The van der Waals surface area contributed by atoms with Crippen molar-refractivity contribution in [1.82, 2.24) is 0 Å². The molecule has 1 aromatic carbocycles. The fourth-order valence-corrected chi connectivity index (χ4v) is 3.72. The Kier molecular flexibility index (Phi) is 6.80. The van der Waals surface area contributed by atoms with Gasteiger partial charge in [0.05, 0.1) is 11.6 Å². The van der Waals surface area contributed by atoms with E-state index in [0.717, 1.165) is 12.0 Å². The number of hydrogen-bond acceptors (Lipinski definition) is 1. The number of rotatable bonds is 7. The van der Waals surface area contributed by atoms with E-state index in [2.05, 4.69) is 25.1 Å². The summed E-state index contributed by atoms with van der Waals surface area (Å²) in [6.45, 7) is 2.26. The van der Waals surface area contributed by atoms with Crippen LogP contribution in [0.3, 0.4) is 0 Å². The third-order valence-electron chi connectivity index (χ3n) is 4.88. The molecule has 0 aliphatic heterocycles. The van der Waals surface area contributed by atoms with E-state index in [4.69, 9.17) is 0 Å². The van der Waals surface area contributed by atoms with Crippen LogP contribution in [0.4, 0.5) is 0 Å². The number of nitrogens with zero attached hydrogens (tertiary/aromatic N) is 1. The van der Waals surface area contributed by atoms with Crippen LogP contribution in [0.1, 0.15) is 93.7 Å². The van der Waals surface area contributed by atoms with Crippen molar-refractivity contribution in [1.29, 1.82) is 5.26 Å². The van der Waals surface area contributed by atoms with Gasteiger partial charge in [-0.25, -0.2) is 0 Å². The molecule has 1 aliphatic carbocycles. The van der Waals surface area contributed by atoms with Crippen molar-refractivity contribution in [2.24, 2.45) is 0 Å². The molecular weight excluding hydrogens is 254 g/mol. The lowest BCUT2D eigenvalue weighted by molar-refractivity contribution is 0.440. The van der Waals surface area contributed by atoms with Crippen LogP contribution in [0.25, 0.3) is 0 Å². The summed E-state index contributed by atoms with van der Waals surface area (Å²) < 4.78 is 0. The number of aryl methyl sites for hydroxylation is 1. The van der Waals surface area contributed by atoms with Gasteiger partial charge in [0, 0.05) is 0 Å². The van der Waals surface area contributed by atoms with Crippen LogP contribution in [0.15, 0.2) is 18.2 Å². The number of nitriles is 1. The zero-order chi connectivity index (χ0) is 14.9. The van der Waals surface area contributed by atoms with E-state index in [9.17, 15) is 5.26 Å². The van der Waals surface area contributed by atoms with E-state index in [1.807, 2.05) is 6.07 Å². The Morgan fingerprint density at radius 1 is 1.05 bits per heavy atom. The summed E-state index contributed by atoms with van der Waals surface area (Å²) in [6, 6.07) is 8.81. The minimum Gasteiger partial charge on any atom is -0.192 e. The highest BCUT2D eigenvalue weighted by Gasteiger charge is 2.21. The maximum atomic E-state index is 9.47. The Labute approximate surface area is 130 Å². The Bertz CT molecular complexity index is 463. The molecule has 0 atom stereocenters. The Balaban J connectivity index is 2.06. The third kappa shape index (κ3) is 4.60. The lowest BCUT2D eigenvalue weighted by Gasteiger charge is -2.25. The van der Waals surface area contributed by atoms with E-state index in [-0.39, 0.29) is 0 Å². The second-order valence-electron chi connectivity index (χ2n) is 6.49. The predicted molar refractivity (Wildman–Crippen MR) is 89.4 cm³/mol. The zero-order valence-corrected chi connectivity index (χ0v) is 13.5. The average molecular weight is 283 g/mol. The summed E-state index contributed by atoms with van der Waals surface area (Å²) in [7, 11) is 0. The molecule has 1 fully saturated rings. The molecule has 0 N–H and O–H groups in total. The highest BCUT2D eigenvalue weighted by molar-refractivity contribution is 5.45. The van der Waals surface area contributed by atoms with Crippen molar-refractivity contribution in [3.63, 3.8) is 0 Å². The topological polar surface area (TPSA) is 23.8 Å². The van der Waals surface area contributed by atoms with Gasteiger partial charge in [-0.2, -0.15) is 5.26 Å². The van der Waals surface area contributed by atoms with Crippen LogP contribution in [-0.4, -0.2) is 0 Å². The molecule has 1 aliphatic rings. The number of benzene rings is 1. The minimum atomic E-state index is 0.639. The molecule has 0 bridgehead atoms. The molecular formula is C20H29N. The fraction of sp³-hybridized carbons (Fsp3) is 0.650. The fourth-order valence-electron chi connectivity index (χ4n) is 3.72. The Hall–Kier alpha value is -1.29. The largest absolute Gasteiger partial charge is 0.192 e. The molecule has 0 radical (unpaired) electrons. The summed E-state index contributed by atoms with van der Waals surface area (Å²) in [5, 5.41) is 9.47. The van der Waals surface area contributed by atoms with E-state index in [1.165, 1.54) is 75.3 Å². The van der Waals surface area contributed by atoms with E-state index >= 15 is 0 Å². The van der Waals surface area contributed by atoms with Gasteiger partial charge in [0.2, 0.25) is 0 Å². The van der Waals surface area contributed by atoms with Gasteiger partial charge in [-0.3, -0.25) is 0 Å². The summed E-state index contributed by atoms with van der Waals surface area (Å²) >= 11 is 0. The second-order valence-corrected chi connectivity index (χ2v) is 6.49. The van der Waals surface area contributed by atoms with Crippen molar-refractivity contribution in [3.8, 4) is 6.07 Å². The maximum absolute atomic E-state index is 9.47. The molecule has 21 heavy (non-hydrogen) atoms. The summed E-state index contributed by atoms with van der Waals surface area (Å²) in [4.78, 5) is 0. The summed E-state index contributed by atoms with van der Waals surface area (Å²) in [5.41, 5.74) is 3.79. The quantitative estimate of drug-likeness (QED) is 0.553. The van der Waals surface area contributed by atoms with Crippen molar-refractivity contribution < 1.29 is 0 Å². The summed E-state index contributed by atoms with van der Waals surface area (Å²) in [5.74, 6) is 0.639. The average Bonchev–Trinajstić information content (AvgIpc) is 2.55. The van der Waals surface area contributed by atoms with Crippen LogP contribution in [0.2, 0.25) is 0 Å². The van der Waals surface area contributed by atoms with E-state index in [1.54, 1.807) is 0 Å². The van der Waals surface area contributed by atoms with Gasteiger partial charge in [0.1, 0.15) is 0 Å². The van der Waals surface area contributed by atoms with Gasteiger partial charge in [0.25, 0.3) is 0 Å². The van der Waals surface area contributed by atoms with Gasteiger partial charge in [0.15, 0.2) is 0 Å². The van der Waals surface area contributed by atoms with E-state index in [0.29, 0.717) is 5.92 Å². The van der Waals surface area contributed by atoms with Crippen molar-refractivity contribution >= 4 is 0 Å². The molecule has 114 valence electrons. The van der Waals surface area contributed by atoms with Gasteiger partial charge in [-0.15, -0.1) is 0 Å². The van der Waals surface area contributed by atoms with E-state index < -0.39 is 0 Å². The Morgan fingerprint density at radius 3 is 2.52 bits per heavy atom. The van der Waals surface area contributed by atoms with Crippen molar-refractivity contribution in [3.05, 3.63) is 34.9 Å². The molecule has 0 aromatic heterocycles. The molecule has 0 saturated heterocycles. The number of unbranched alkanes of at least 4 members (excludes halogenated alkanes) is 4. The normalized spacial score (nSPS) is 15.8. The third-order valence-corrected chi connectivity index (χ3v) is 4.88. The predicted octanol–water partition coefficient (Wildman–Crippen LogP) is 6.12. The smallest absolute Gasteiger partial charge is 0.0994 e. The van der Waals surface area contributed by atoms with Gasteiger partial charge >= 0.3 is 0 Å². The van der Waals surface area contributed by atoms with Crippen LogP contribution in [0, 0.1) is 11.3 Å². The second kappa shape index (κ2) is 8.88. The first kappa shape index (κ1) is 16.1. The molecule has 1 heteroatoms. The SMILES string of the molecule is CCCCCCCc1cccc(C#N)c1C1CCCCC1. The monoisotopic (exact) mass is 283 g/mol. The van der Waals surface area contributed by atoms with Crippen molar-refractivity contribution in [2.45, 2.75) is 83.5 Å². The molecule has 1 nitrogen and oxygen atoms in total. The first-order chi connectivity index (χ1) is 10.4. The maximum Gasteiger partial charge on any atom is 0.0994 e. The first-order valence-electron chi connectivity index (χ1n) is 8.88. The van der Waals surface area contributed by atoms with Gasteiger partial charge in [-0.05, 0) is 48.8 Å². The lowest BCUT2D eigenvalue weighted by atomic mass is 9.79. The standard InChI is InChI=1S/C20H29N/c1-2-3-4-5-7-11-18-14-10-15-19(16-21)20(18)17-12-8-6-9-13-17/h10,14-15,17H,2-9,11-13H2,1H3. The highest BCUT2D eigenvalue weighted by atomic mass is 14.3. The van der Waals surface area contributed by atoms with Crippen molar-refractivity contribution in [2.75, 3.05) is 0 Å². The van der Waals surface area contributed by atoms with Crippen LogP contribution >= 0.6 is 0 Å².